The van der Waals surface area contributed by atoms with Gasteiger partial charge in [0.2, 0.25) is 5.75 Å². The van der Waals surface area contributed by atoms with Crippen LogP contribution in [0.3, 0.4) is 0 Å². The van der Waals surface area contributed by atoms with Crippen molar-refractivity contribution in [3.05, 3.63) is 64.7 Å². The van der Waals surface area contributed by atoms with E-state index < -0.39 is 0 Å². The predicted molar refractivity (Wildman–Crippen MR) is 147 cm³/mol. The molecule has 8 nitrogen and oxygen atoms in total. The average Bonchev–Trinajstić information content (AvgIpc) is 3.31. The molecule has 192 valence electrons. The molecule has 1 amide bonds. The van der Waals surface area contributed by atoms with Crippen LogP contribution >= 0.6 is 22.9 Å². The van der Waals surface area contributed by atoms with E-state index in [-0.39, 0.29) is 12.5 Å². The molecule has 1 N–H and O–H groups in total. The number of methoxy groups -OCH3 is 4. The molecule has 0 aliphatic rings. The summed E-state index contributed by atoms with van der Waals surface area (Å²) in [5.74, 6) is 2.24. The van der Waals surface area contributed by atoms with Crippen molar-refractivity contribution < 1.29 is 28.5 Å². The van der Waals surface area contributed by atoms with Crippen molar-refractivity contribution in [3.8, 4) is 28.7 Å². The van der Waals surface area contributed by atoms with Gasteiger partial charge in [0.05, 0.1) is 38.7 Å². The number of benzene rings is 3. The lowest BCUT2D eigenvalue weighted by molar-refractivity contribution is -0.118. The molecular formula is C27H25ClN2O6S. The van der Waals surface area contributed by atoms with E-state index >= 15 is 0 Å². The number of halogens is 1. The zero-order valence-electron chi connectivity index (χ0n) is 20.7. The number of anilines is 1. The van der Waals surface area contributed by atoms with Crippen molar-refractivity contribution in [1.29, 1.82) is 0 Å². The number of nitrogens with zero attached hydrogens (tertiary/aromatic N) is 1. The van der Waals surface area contributed by atoms with E-state index in [4.69, 9.17) is 35.3 Å². The van der Waals surface area contributed by atoms with Crippen LogP contribution in [0.25, 0.3) is 22.4 Å². The number of ether oxygens (including phenoxy) is 5. The number of amides is 1. The Morgan fingerprint density at radius 1 is 0.865 bits per heavy atom. The van der Waals surface area contributed by atoms with Gasteiger partial charge in [-0.3, -0.25) is 10.1 Å². The van der Waals surface area contributed by atoms with Crippen molar-refractivity contribution >= 4 is 56.3 Å². The molecule has 1 heterocycles. The number of carbonyl (C=O) groups excluding carboxylic acids is 1. The summed E-state index contributed by atoms with van der Waals surface area (Å²) >= 11 is 7.37. The monoisotopic (exact) mass is 540 g/mol. The predicted octanol–water partition coefficient (Wildman–Crippen LogP) is 6.17. The summed E-state index contributed by atoms with van der Waals surface area (Å²) in [6.07, 6.45) is 3.81. The minimum atomic E-state index is -0.342. The Bertz CT molecular complexity index is 1430. The number of carbonyl (C=O) groups is 1. The lowest BCUT2D eigenvalue weighted by Crippen LogP contribution is -2.20. The highest BCUT2D eigenvalue weighted by Crippen LogP contribution is 2.39. The number of hydrogen-bond donors (Lipinski definition) is 1. The third-order valence-electron chi connectivity index (χ3n) is 5.30. The molecule has 0 aliphatic carbocycles. The lowest BCUT2D eigenvalue weighted by atomic mass is 10.1. The Kier molecular flexibility index (Phi) is 8.37. The van der Waals surface area contributed by atoms with Crippen LogP contribution in [-0.4, -0.2) is 45.9 Å². The highest BCUT2D eigenvalue weighted by molar-refractivity contribution is 7.22. The number of thiazole rings is 1. The summed E-state index contributed by atoms with van der Waals surface area (Å²) in [5, 5.41) is 3.85. The van der Waals surface area contributed by atoms with E-state index in [1.54, 1.807) is 46.6 Å². The number of rotatable bonds is 10. The van der Waals surface area contributed by atoms with Crippen LogP contribution < -0.4 is 29.0 Å². The minimum absolute atomic E-state index is 0.215. The number of aromatic nitrogens is 1. The first-order valence-corrected chi connectivity index (χ1v) is 12.3. The molecule has 0 atom stereocenters. The molecule has 3 aromatic carbocycles. The van der Waals surface area contributed by atoms with Crippen molar-refractivity contribution in [2.24, 2.45) is 0 Å². The largest absolute Gasteiger partial charge is 0.493 e. The summed E-state index contributed by atoms with van der Waals surface area (Å²) in [7, 11) is 6.24. The molecule has 0 saturated carbocycles. The van der Waals surface area contributed by atoms with Gasteiger partial charge in [0, 0.05) is 5.02 Å². The quantitative estimate of drug-likeness (QED) is 0.240. The summed E-state index contributed by atoms with van der Waals surface area (Å²) in [5.41, 5.74) is 2.45. The molecule has 10 heteroatoms. The zero-order valence-corrected chi connectivity index (χ0v) is 22.2. The van der Waals surface area contributed by atoms with E-state index in [0.29, 0.717) is 38.9 Å². The zero-order chi connectivity index (χ0) is 26.4. The Hall–Kier alpha value is -3.95. The molecule has 0 fully saturated rings. The van der Waals surface area contributed by atoms with Gasteiger partial charge in [0.25, 0.3) is 5.91 Å². The Balaban J connectivity index is 1.46. The smallest absolute Gasteiger partial charge is 0.264 e. The number of fused-ring (bicyclic) bond motifs is 1. The van der Waals surface area contributed by atoms with Gasteiger partial charge in [0.15, 0.2) is 34.7 Å². The average molecular weight is 541 g/mol. The number of nitrogens with one attached hydrogen (secondary N) is 1. The maximum atomic E-state index is 12.5. The van der Waals surface area contributed by atoms with Crippen molar-refractivity contribution in [2.75, 3.05) is 40.4 Å². The van der Waals surface area contributed by atoms with Crippen molar-refractivity contribution in [1.82, 2.24) is 4.98 Å². The minimum Gasteiger partial charge on any atom is -0.493 e. The molecule has 0 radical (unpaired) electrons. The van der Waals surface area contributed by atoms with Crippen molar-refractivity contribution in [2.45, 2.75) is 0 Å². The van der Waals surface area contributed by atoms with Gasteiger partial charge in [-0.15, -0.1) is 0 Å². The van der Waals surface area contributed by atoms with Crippen molar-refractivity contribution in [3.63, 3.8) is 0 Å². The Labute approximate surface area is 223 Å². The summed E-state index contributed by atoms with van der Waals surface area (Å²) < 4.78 is 28.3. The molecule has 1 aromatic heterocycles. The normalized spacial score (nSPS) is 10.9. The third kappa shape index (κ3) is 6.25. The standard InChI is InChI=1S/C27H25ClN2O6S/c1-32-20-10-7-16(5-6-17-12-22(33-2)26(35-4)23(13-17)34-3)11-21(20)36-15-25(31)30-27-29-19-9-8-18(28)14-24(19)37-27/h5-14H,15H2,1-4H3,(H,29,30,31). The molecule has 0 aliphatic heterocycles. The maximum Gasteiger partial charge on any atom is 0.264 e. The van der Waals surface area contributed by atoms with Gasteiger partial charge in [-0.1, -0.05) is 41.2 Å². The highest BCUT2D eigenvalue weighted by atomic mass is 35.5. The molecule has 37 heavy (non-hydrogen) atoms. The molecule has 4 aromatic rings. The first-order valence-electron chi connectivity index (χ1n) is 11.1. The van der Waals surface area contributed by atoms with Gasteiger partial charge < -0.3 is 23.7 Å². The van der Waals surface area contributed by atoms with Gasteiger partial charge >= 0.3 is 0 Å². The summed E-state index contributed by atoms with van der Waals surface area (Å²) in [4.78, 5) is 16.9. The Morgan fingerprint density at radius 3 is 2.22 bits per heavy atom. The first kappa shape index (κ1) is 26.1. The van der Waals surface area contributed by atoms with E-state index in [0.717, 1.165) is 21.3 Å². The molecule has 4 rings (SSSR count). The Morgan fingerprint density at radius 2 is 1.54 bits per heavy atom. The molecule has 0 saturated heterocycles. The third-order valence-corrected chi connectivity index (χ3v) is 6.47. The van der Waals surface area contributed by atoms with Crippen LogP contribution in [0.15, 0.2) is 48.5 Å². The van der Waals surface area contributed by atoms with Crippen LogP contribution in [0, 0.1) is 0 Å². The second-order valence-corrected chi connectivity index (χ2v) is 9.14. The molecule has 0 unspecified atom stereocenters. The highest BCUT2D eigenvalue weighted by Gasteiger charge is 2.13. The summed E-state index contributed by atoms with van der Waals surface area (Å²) in [6.45, 7) is -0.215. The number of hydrogen-bond acceptors (Lipinski definition) is 8. The van der Waals surface area contributed by atoms with E-state index in [1.165, 1.54) is 11.3 Å². The molecule has 0 spiro atoms. The lowest BCUT2D eigenvalue weighted by Gasteiger charge is -2.13. The van der Waals surface area contributed by atoms with Crippen LogP contribution in [0.5, 0.6) is 28.7 Å². The van der Waals surface area contributed by atoms with E-state index in [2.05, 4.69) is 10.3 Å². The van der Waals surface area contributed by atoms with E-state index in [1.807, 2.05) is 42.5 Å². The summed E-state index contributed by atoms with van der Waals surface area (Å²) in [6, 6.07) is 14.5. The fraction of sp³-hybridized carbons (Fsp3) is 0.185. The van der Waals surface area contributed by atoms with Gasteiger partial charge in [-0.2, -0.15) is 0 Å². The van der Waals surface area contributed by atoms with Gasteiger partial charge in [-0.05, 0) is 53.6 Å². The second-order valence-electron chi connectivity index (χ2n) is 7.67. The molecule has 0 bridgehead atoms. The topological polar surface area (TPSA) is 88.1 Å². The van der Waals surface area contributed by atoms with Gasteiger partial charge in [-0.25, -0.2) is 4.98 Å². The fourth-order valence-electron chi connectivity index (χ4n) is 3.55. The van der Waals surface area contributed by atoms with Gasteiger partial charge in [0.1, 0.15) is 0 Å². The SMILES string of the molecule is COc1ccc(C=Cc2cc(OC)c(OC)c(OC)c2)cc1OCC(=O)Nc1nc2ccc(Cl)cc2s1. The van der Waals surface area contributed by atoms with Crippen LogP contribution in [0.1, 0.15) is 11.1 Å². The van der Waals surface area contributed by atoms with E-state index in [9.17, 15) is 4.79 Å². The van der Waals surface area contributed by atoms with Crippen LogP contribution in [-0.2, 0) is 4.79 Å². The van der Waals surface area contributed by atoms with Crippen LogP contribution in [0.4, 0.5) is 5.13 Å². The fourth-order valence-corrected chi connectivity index (χ4v) is 4.71. The second kappa shape index (κ2) is 11.9. The molecular weight excluding hydrogens is 516 g/mol. The first-order chi connectivity index (χ1) is 17.9. The maximum absolute atomic E-state index is 12.5. The van der Waals surface area contributed by atoms with Crippen LogP contribution in [0.2, 0.25) is 5.02 Å².